The van der Waals surface area contributed by atoms with E-state index >= 15 is 0 Å². The number of ether oxygens (including phenoxy) is 1. The monoisotopic (exact) mass is 378 g/mol. The molecule has 0 unspecified atom stereocenters. The van der Waals surface area contributed by atoms with E-state index in [1.165, 1.54) is 4.88 Å². The van der Waals surface area contributed by atoms with Crippen LogP contribution in [0.5, 0.6) is 5.75 Å². The second kappa shape index (κ2) is 8.70. The average Bonchev–Trinajstić information content (AvgIpc) is 3.14. The third-order valence-corrected chi connectivity index (χ3v) is 5.72. The van der Waals surface area contributed by atoms with Crippen LogP contribution in [0.4, 0.5) is 0 Å². The number of carbonyl (C=O) groups is 1. The number of hydrogen-bond acceptors (Lipinski definition) is 4. The summed E-state index contributed by atoms with van der Waals surface area (Å²) in [4.78, 5) is 16.3. The highest BCUT2D eigenvalue weighted by atomic mass is 35.5. The molecule has 0 radical (unpaired) electrons. The molecule has 0 atom stereocenters. The van der Waals surface area contributed by atoms with Crippen molar-refractivity contribution >= 4 is 28.8 Å². The smallest absolute Gasteiger partial charge is 0.255 e. The summed E-state index contributed by atoms with van der Waals surface area (Å²) in [6.07, 6.45) is 2.22. The standard InChI is InChI=1S/C19H23ClN2O2S/c1-24-18-5-4-15(20)11-17(18)19(23)21-12-14-6-8-22(9-7-14)13-16-3-2-10-25-16/h2-5,10-11,14H,6-9,12-13H2,1H3,(H,21,23). The fraction of sp³-hybridized carbons (Fsp3) is 0.421. The van der Waals surface area contributed by atoms with Gasteiger partial charge in [0.25, 0.3) is 5.91 Å². The molecule has 6 heteroatoms. The lowest BCUT2D eigenvalue weighted by molar-refractivity contribution is 0.0932. The summed E-state index contributed by atoms with van der Waals surface area (Å²) in [6.45, 7) is 3.90. The van der Waals surface area contributed by atoms with E-state index in [0.717, 1.165) is 32.5 Å². The van der Waals surface area contributed by atoms with Gasteiger partial charge in [0.15, 0.2) is 0 Å². The van der Waals surface area contributed by atoms with Crippen LogP contribution in [-0.2, 0) is 6.54 Å². The number of nitrogens with one attached hydrogen (secondary N) is 1. The molecule has 0 spiro atoms. The number of benzene rings is 1. The second-order valence-electron chi connectivity index (χ2n) is 6.35. The van der Waals surface area contributed by atoms with Crippen LogP contribution >= 0.6 is 22.9 Å². The van der Waals surface area contributed by atoms with E-state index in [1.807, 2.05) is 11.3 Å². The molecular weight excluding hydrogens is 356 g/mol. The van der Waals surface area contributed by atoms with E-state index in [0.29, 0.717) is 28.8 Å². The molecule has 1 aliphatic heterocycles. The number of halogens is 1. The highest BCUT2D eigenvalue weighted by molar-refractivity contribution is 7.09. The van der Waals surface area contributed by atoms with Gasteiger partial charge < -0.3 is 10.1 Å². The maximum Gasteiger partial charge on any atom is 0.255 e. The van der Waals surface area contributed by atoms with Gasteiger partial charge in [-0.25, -0.2) is 0 Å². The third-order valence-electron chi connectivity index (χ3n) is 4.62. The molecule has 2 aromatic rings. The summed E-state index contributed by atoms with van der Waals surface area (Å²) in [5, 5.41) is 5.70. The molecule has 1 aromatic carbocycles. The number of amides is 1. The number of hydrogen-bond donors (Lipinski definition) is 1. The Hall–Kier alpha value is -1.56. The predicted octanol–water partition coefficient (Wildman–Crippen LogP) is 4.05. The van der Waals surface area contributed by atoms with Crippen molar-refractivity contribution in [1.29, 1.82) is 0 Å². The van der Waals surface area contributed by atoms with Crippen LogP contribution in [-0.4, -0.2) is 37.6 Å². The topological polar surface area (TPSA) is 41.6 Å². The molecule has 1 aromatic heterocycles. The summed E-state index contributed by atoms with van der Waals surface area (Å²) in [5.74, 6) is 0.946. The Morgan fingerprint density at radius 1 is 1.36 bits per heavy atom. The van der Waals surface area contributed by atoms with Gasteiger partial charge in [0.1, 0.15) is 5.75 Å². The fourth-order valence-corrected chi connectivity index (χ4v) is 4.08. The minimum Gasteiger partial charge on any atom is -0.496 e. The fourth-order valence-electron chi connectivity index (χ4n) is 3.16. The summed E-state index contributed by atoms with van der Waals surface area (Å²) in [5.41, 5.74) is 0.491. The largest absolute Gasteiger partial charge is 0.496 e. The molecule has 0 bridgehead atoms. The maximum atomic E-state index is 12.4. The van der Waals surface area contributed by atoms with E-state index in [2.05, 4.69) is 27.7 Å². The maximum absolute atomic E-state index is 12.4. The molecule has 1 fully saturated rings. The molecule has 0 aliphatic carbocycles. The number of thiophene rings is 1. The molecule has 3 rings (SSSR count). The number of nitrogens with zero attached hydrogens (tertiary/aromatic N) is 1. The molecule has 4 nitrogen and oxygen atoms in total. The lowest BCUT2D eigenvalue weighted by Crippen LogP contribution is -2.38. The Labute approximate surface area is 157 Å². The molecule has 1 aliphatic rings. The van der Waals surface area contributed by atoms with Crippen molar-refractivity contribution in [3.8, 4) is 5.75 Å². The summed E-state index contributed by atoms with van der Waals surface area (Å²) in [7, 11) is 1.56. The quantitative estimate of drug-likeness (QED) is 0.824. The normalized spacial score (nSPS) is 15.9. The first-order chi connectivity index (χ1) is 12.2. The summed E-state index contributed by atoms with van der Waals surface area (Å²) >= 11 is 7.81. The van der Waals surface area contributed by atoms with Crippen molar-refractivity contribution in [2.24, 2.45) is 5.92 Å². The van der Waals surface area contributed by atoms with Crippen LogP contribution in [0.15, 0.2) is 35.7 Å². The molecule has 2 heterocycles. The Bertz CT molecular complexity index is 697. The van der Waals surface area contributed by atoms with Crippen molar-refractivity contribution in [3.63, 3.8) is 0 Å². The molecule has 1 amide bonds. The average molecular weight is 379 g/mol. The van der Waals surface area contributed by atoms with E-state index in [9.17, 15) is 4.79 Å². The SMILES string of the molecule is COc1ccc(Cl)cc1C(=O)NCC1CCN(Cc2cccs2)CC1. The lowest BCUT2D eigenvalue weighted by atomic mass is 9.96. The van der Waals surface area contributed by atoms with Gasteiger partial charge in [-0.2, -0.15) is 0 Å². The van der Waals surface area contributed by atoms with E-state index < -0.39 is 0 Å². The highest BCUT2D eigenvalue weighted by Crippen LogP contribution is 2.23. The minimum atomic E-state index is -0.125. The number of rotatable bonds is 6. The van der Waals surface area contributed by atoms with Crippen LogP contribution in [0.3, 0.4) is 0 Å². The zero-order valence-electron chi connectivity index (χ0n) is 14.3. The van der Waals surface area contributed by atoms with Gasteiger partial charge >= 0.3 is 0 Å². The van der Waals surface area contributed by atoms with Gasteiger partial charge in [-0.05, 0) is 61.5 Å². The van der Waals surface area contributed by atoms with Gasteiger partial charge in [0.05, 0.1) is 12.7 Å². The highest BCUT2D eigenvalue weighted by Gasteiger charge is 2.21. The van der Waals surface area contributed by atoms with Crippen molar-refractivity contribution in [2.45, 2.75) is 19.4 Å². The zero-order chi connectivity index (χ0) is 17.6. The van der Waals surface area contributed by atoms with Crippen molar-refractivity contribution < 1.29 is 9.53 Å². The minimum absolute atomic E-state index is 0.125. The van der Waals surface area contributed by atoms with Crippen LogP contribution in [0.2, 0.25) is 5.02 Å². The van der Waals surface area contributed by atoms with E-state index in [4.69, 9.17) is 16.3 Å². The van der Waals surface area contributed by atoms with Gasteiger partial charge in [0.2, 0.25) is 0 Å². The number of methoxy groups -OCH3 is 1. The molecule has 25 heavy (non-hydrogen) atoms. The van der Waals surface area contributed by atoms with Crippen molar-refractivity contribution in [1.82, 2.24) is 10.2 Å². The molecule has 1 N–H and O–H groups in total. The molecule has 134 valence electrons. The van der Waals surface area contributed by atoms with E-state index in [1.54, 1.807) is 25.3 Å². The Kier molecular flexibility index (Phi) is 6.34. The number of likely N-dealkylation sites (tertiary alicyclic amines) is 1. The van der Waals surface area contributed by atoms with Gasteiger partial charge in [-0.15, -0.1) is 11.3 Å². The van der Waals surface area contributed by atoms with Gasteiger partial charge in [0, 0.05) is 23.0 Å². The zero-order valence-corrected chi connectivity index (χ0v) is 15.9. The first-order valence-electron chi connectivity index (χ1n) is 8.52. The van der Waals surface area contributed by atoms with Gasteiger partial charge in [-0.1, -0.05) is 17.7 Å². The second-order valence-corrected chi connectivity index (χ2v) is 7.82. The Balaban J connectivity index is 1.47. The lowest BCUT2D eigenvalue weighted by Gasteiger charge is -2.31. The van der Waals surface area contributed by atoms with Crippen LogP contribution in [0.1, 0.15) is 28.1 Å². The van der Waals surface area contributed by atoms with E-state index in [-0.39, 0.29) is 5.91 Å². The first-order valence-corrected chi connectivity index (χ1v) is 9.78. The predicted molar refractivity (Wildman–Crippen MR) is 103 cm³/mol. The molecule has 0 saturated carbocycles. The molecule has 1 saturated heterocycles. The summed E-state index contributed by atoms with van der Waals surface area (Å²) < 4.78 is 5.25. The van der Waals surface area contributed by atoms with Gasteiger partial charge in [-0.3, -0.25) is 9.69 Å². The Morgan fingerprint density at radius 3 is 2.84 bits per heavy atom. The first kappa shape index (κ1) is 18.2. The van der Waals surface area contributed by atoms with Crippen molar-refractivity contribution in [2.75, 3.05) is 26.7 Å². The number of piperidine rings is 1. The third kappa shape index (κ3) is 4.97. The van der Waals surface area contributed by atoms with Crippen LogP contribution in [0, 0.1) is 5.92 Å². The van der Waals surface area contributed by atoms with Crippen LogP contribution in [0.25, 0.3) is 0 Å². The number of carbonyl (C=O) groups excluding carboxylic acids is 1. The summed E-state index contributed by atoms with van der Waals surface area (Å²) in [6, 6.07) is 9.39. The molecular formula is C19H23ClN2O2S. The van der Waals surface area contributed by atoms with Crippen molar-refractivity contribution in [3.05, 3.63) is 51.2 Å². The Morgan fingerprint density at radius 2 is 2.16 bits per heavy atom. The van der Waals surface area contributed by atoms with Crippen LogP contribution < -0.4 is 10.1 Å².